The molecule has 1 saturated heterocycles. The predicted octanol–water partition coefficient (Wildman–Crippen LogP) is 5.38. The van der Waals surface area contributed by atoms with E-state index >= 15 is 0 Å². The summed E-state index contributed by atoms with van der Waals surface area (Å²) in [6, 6.07) is 1.63. The number of amides is 2. The van der Waals surface area contributed by atoms with E-state index in [1.54, 1.807) is 0 Å². The van der Waals surface area contributed by atoms with Gasteiger partial charge in [-0.1, -0.05) is 0 Å². The number of nitrogens with zero attached hydrogens (tertiary/aromatic N) is 2. The predicted molar refractivity (Wildman–Crippen MR) is 117 cm³/mol. The number of carbonyl (C=O) groups excluding carboxylic acids is 1. The fourth-order valence-corrected chi connectivity index (χ4v) is 3.01. The van der Waals surface area contributed by atoms with Crippen molar-refractivity contribution in [2.75, 3.05) is 30.3 Å². The lowest BCUT2D eigenvalue weighted by atomic mass is 10.0. The number of piperidine rings is 1. The molecule has 3 rings (SSSR count). The number of urea groups is 1. The lowest BCUT2D eigenvalue weighted by Gasteiger charge is -2.23. The molecule has 0 saturated carbocycles. The molecule has 15 heteroatoms. The summed E-state index contributed by atoms with van der Waals surface area (Å²) < 4.78 is 82.6. The first-order valence-corrected chi connectivity index (χ1v) is 9.54. The molecule has 0 aliphatic carbocycles. The van der Waals surface area contributed by atoms with Gasteiger partial charge in [0.15, 0.2) is 11.5 Å². The van der Waals surface area contributed by atoms with Crippen LogP contribution in [0.2, 0.25) is 0 Å². The van der Waals surface area contributed by atoms with Gasteiger partial charge in [0, 0.05) is 12.5 Å². The van der Waals surface area contributed by atoms with Crippen LogP contribution in [0.25, 0.3) is 0 Å². The Bertz CT molecular complexity index is 938. The average Bonchev–Trinajstić information content (AvgIpc) is 2.72. The van der Waals surface area contributed by atoms with Crippen LogP contribution in [0, 0.1) is 5.92 Å². The van der Waals surface area contributed by atoms with Gasteiger partial charge in [0.2, 0.25) is 0 Å². The normalized spacial score (nSPS) is 16.0. The summed E-state index contributed by atoms with van der Waals surface area (Å²) in [7, 11) is 0. The van der Waals surface area contributed by atoms with Crippen molar-refractivity contribution >= 4 is 42.4 Å². The summed E-state index contributed by atoms with van der Waals surface area (Å²) in [4.78, 5) is 18.8. The quantitative estimate of drug-likeness (QED) is 0.447. The number of benzene rings is 1. The van der Waals surface area contributed by atoms with E-state index in [0.29, 0.717) is 25.0 Å². The minimum Gasteiger partial charge on any atom is -0.491 e. The van der Waals surface area contributed by atoms with Gasteiger partial charge >= 0.3 is 18.4 Å². The number of anilines is 2. The van der Waals surface area contributed by atoms with Gasteiger partial charge in [0.1, 0.15) is 5.75 Å². The van der Waals surface area contributed by atoms with Crippen molar-refractivity contribution < 1.29 is 35.9 Å². The highest BCUT2D eigenvalue weighted by Crippen LogP contribution is 2.35. The largest absolute Gasteiger partial charge is 0.491 e. The van der Waals surface area contributed by atoms with Crippen LogP contribution < -0.4 is 20.7 Å². The van der Waals surface area contributed by atoms with Gasteiger partial charge < -0.3 is 15.4 Å². The van der Waals surface area contributed by atoms with Crippen LogP contribution >= 0.6 is 24.8 Å². The van der Waals surface area contributed by atoms with Gasteiger partial charge in [-0.2, -0.15) is 26.3 Å². The third-order valence-corrected chi connectivity index (χ3v) is 4.61. The van der Waals surface area contributed by atoms with Gasteiger partial charge in [-0.05, 0) is 37.6 Å². The molecule has 1 aliphatic heterocycles. The molecule has 1 fully saturated rings. The van der Waals surface area contributed by atoms with Crippen LogP contribution in [-0.2, 0) is 12.4 Å². The molecular formula is C19H21Cl2F6N5O2. The number of hydrogen-bond donors (Lipinski definition) is 3. The molecule has 1 aliphatic rings. The Morgan fingerprint density at radius 1 is 1.06 bits per heavy atom. The number of aromatic nitrogens is 2. The number of hydrogen-bond acceptors (Lipinski definition) is 5. The van der Waals surface area contributed by atoms with Crippen LogP contribution in [0.15, 0.2) is 30.6 Å². The van der Waals surface area contributed by atoms with Crippen LogP contribution in [0.4, 0.5) is 42.6 Å². The average molecular weight is 536 g/mol. The minimum absolute atomic E-state index is 0. The summed E-state index contributed by atoms with van der Waals surface area (Å²) in [6.07, 6.45) is -6.41. The Kier molecular flexibility index (Phi) is 10.7. The maximum atomic E-state index is 13.1. The fourth-order valence-electron chi connectivity index (χ4n) is 3.01. The summed E-state index contributed by atoms with van der Waals surface area (Å²) in [5.41, 5.74) is -2.51. The molecule has 3 N–H and O–H groups in total. The van der Waals surface area contributed by atoms with Crippen molar-refractivity contribution in [3.8, 4) is 5.75 Å². The molecule has 34 heavy (non-hydrogen) atoms. The van der Waals surface area contributed by atoms with Crippen molar-refractivity contribution in [3.63, 3.8) is 0 Å². The molecule has 190 valence electrons. The molecule has 1 unspecified atom stereocenters. The van der Waals surface area contributed by atoms with Crippen molar-refractivity contribution in [2.24, 2.45) is 5.92 Å². The number of alkyl halides is 6. The van der Waals surface area contributed by atoms with E-state index in [-0.39, 0.29) is 54.6 Å². The zero-order valence-electron chi connectivity index (χ0n) is 17.3. The summed E-state index contributed by atoms with van der Waals surface area (Å²) in [5, 5.41) is 7.54. The Morgan fingerprint density at radius 3 is 2.35 bits per heavy atom. The van der Waals surface area contributed by atoms with Crippen LogP contribution in [0.3, 0.4) is 0 Å². The maximum Gasteiger partial charge on any atom is 0.434 e. The smallest absolute Gasteiger partial charge is 0.434 e. The number of nitrogens with one attached hydrogen (secondary N) is 3. The molecule has 2 amide bonds. The monoisotopic (exact) mass is 535 g/mol. The maximum absolute atomic E-state index is 13.1. The first-order chi connectivity index (χ1) is 15.0. The Hall–Kier alpha value is -2.51. The van der Waals surface area contributed by atoms with Crippen LogP contribution in [0.5, 0.6) is 5.75 Å². The van der Waals surface area contributed by atoms with Crippen molar-refractivity contribution in [1.82, 2.24) is 15.3 Å². The van der Waals surface area contributed by atoms with E-state index in [1.807, 2.05) is 0 Å². The van der Waals surface area contributed by atoms with Crippen molar-refractivity contribution in [3.05, 3.63) is 41.9 Å². The summed E-state index contributed by atoms with van der Waals surface area (Å²) >= 11 is 0. The standard InChI is InChI=1S/C19H19F6N5O2.2ClH/c20-18(21,22)12-3-4-14(32-10-11-2-1-5-26-7-11)13(6-12)29-17(31)30-16-9-27-15(8-28-16)19(23,24)25;;/h3-4,6,8-9,11,26H,1-2,5,7,10H2,(H2,28,29,30,31);2*1H. The van der Waals surface area contributed by atoms with Gasteiger partial charge in [-0.25, -0.2) is 14.8 Å². The molecule has 0 spiro atoms. The SMILES string of the molecule is Cl.Cl.O=C(Nc1cnc(C(F)(F)F)cn1)Nc1cc(C(F)(F)F)ccc1OCC1CCCNC1. The van der Waals surface area contributed by atoms with E-state index in [4.69, 9.17) is 4.74 Å². The van der Waals surface area contributed by atoms with Crippen molar-refractivity contribution in [2.45, 2.75) is 25.2 Å². The lowest BCUT2D eigenvalue weighted by Crippen LogP contribution is -2.33. The number of carbonyl (C=O) groups is 1. The molecule has 1 atom stereocenters. The Balaban J connectivity index is 0.00000289. The van der Waals surface area contributed by atoms with E-state index in [1.165, 1.54) is 0 Å². The van der Waals surface area contributed by atoms with Crippen LogP contribution in [-0.4, -0.2) is 35.7 Å². The highest BCUT2D eigenvalue weighted by Gasteiger charge is 2.33. The molecule has 7 nitrogen and oxygen atoms in total. The summed E-state index contributed by atoms with van der Waals surface area (Å²) in [5.74, 6) is -0.134. The first kappa shape index (κ1) is 29.5. The molecule has 1 aromatic heterocycles. The lowest BCUT2D eigenvalue weighted by molar-refractivity contribution is -0.141. The zero-order valence-corrected chi connectivity index (χ0v) is 18.9. The molecule has 0 bridgehead atoms. The van der Waals surface area contributed by atoms with Gasteiger partial charge in [0.25, 0.3) is 0 Å². The third-order valence-electron chi connectivity index (χ3n) is 4.61. The van der Waals surface area contributed by atoms with Gasteiger partial charge in [-0.15, -0.1) is 24.8 Å². The Morgan fingerprint density at radius 2 is 1.79 bits per heavy atom. The van der Waals surface area contributed by atoms with Gasteiger partial charge in [-0.3, -0.25) is 5.32 Å². The molecular weight excluding hydrogens is 515 g/mol. The fraction of sp³-hybridized carbons (Fsp3) is 0.421. The Labute approximate surface area is 202 Å². The highest BCUT2D eigenvalue weighted by molar-refractivity contribution is 6.00. The van der Waals surface area contributed by atoms with E-state index < -0.39 is 29.6 Å². The van der Waals surface area contributed by atoms with Gasteiger partial charge in [0.05, 0.1) is 30.3 Å². The second-order valence-electron chi connectivity index (χ2n) is 7.10. The molecule has 2 aromatic rings. The number of rotatable bonds is 5. The highest BCUT2D eigenvalue weighted by atomic mass is 35.5. The van der Waals surface area contributed by atoms with E-state index in [9.17, 15) is 31.1 Å². The van der Waals surface area contributed by atoms with Crippen molar-refractivity contribution in [1.29, 1.82) is 0 Å². The van der Waals surface area contributed by atoms with E-state index in [2.05, 4.69) is 25.9 Å². The topological polar surface area (TPSA) is 88.2 Å². The molecule has 1 aromatic carbocycles. The second-order valence-corrected chi connectivity index (χ2v) is 7.10. The van der Waals surface area contributed by atoms with E-state index in [0.717, 1.165) is 31.5 Å². The summed E-state index contributed by atoms with van der Waals surface area (Å²) in [6.45, 7) is 1.83. The molecule has 2 heterocycles. The third kappa shape index (κ3) is 8.37. The number of halogens is 8. The minimum atomic E-state index is -4.70. The zero-order chi connectivity index (χ0) is 23.4. The molecule has 0 radical (unpaired) electrons. The second kappa shape index (κ2) is 12.3. The van der Waals surface area contributed by atoms with Crippen LogP contribution in [0.1, 0.15) is 24.1 Å². The number of ether oxygens (including phenoxy) is 1. The first-order valence-electron chi connectivity index (χ1n) is 9.54.